The van der Waals surface area contributed by atoms with Crippen molar-refractivity contribution in [2.24, 2.45) is 45.3 Å². The number of aliphatic hydroxyl groups is 1. The van der Waals surface area contributed by atoms with Crippen LogP contribution in [-0.4, -0.2) is 52.4 Å². The van der Waals surface area contributed by atoms with Crippen molar-refractivity contribution in [3.05, 3.63) is 23.8 Å². The maximum absolute atomic E-state index is 17.5. The molecule has 216 valence electrons. The normalized spacial score (nSPS) is 47.4. The first-order valence-electron chi connectivity index (χ1n) is 13.8. The van der Waals surface area contributed by atoms with Crippen LogP contribution >= 0.6 is 11.6 Å². The van der Waals surface area contributed by atoms with Crippen LogP contribution < -0.4 is 0 Å². The molecule has 5 aliphatic rings. The Hall–Kier alpha value is -1.80. The number of halogens is 3. The Balaban J connectivity index is 1.61. The number of aliphatic hydroxyl groups excluding tert-OH is 1. The van der Waals surface area contributed by atoms with Gasteiger partial charge in [-0.2, -0.15) is 0 Å². The van der Waals surface area contributed by atoms with E-state index in [9.17, 15) is 19.5 Å². The SMILES string of the molecule is C[C@@H]1C[C@H]2[C@@H]3C[C@H](F)C4=CC(=O)C=C[C@]4(C)[C@@]3(F)[C@@H](O)C[C@]2(C)[C@@]1(OC(=O)C1C(C)(C)C1(C)C)C(=O)OCCl. The van der Waals surface area contributed by atoms with Gasteiger partial charge >= 0.3 is 11.9 Å². The summed E-state index contributed by atoms with van der Waals surface area (Å²) in [6, 6.07) is -0.470. The quantitative estimate of drug-likeness (QED) is 0.368. The zero-order valence-electron chi connectivity index (χ0n) is 23.6. The van der Waals surface area contributed by atoms with Crippen molar-refractivity contribution in [2.45, 2.75) is 91.3 Å². The van der Waals surface area contributed by atoms with Crippen molar-refractivity contribution in [3.8, 4) is 0 Å². The van der Waals surface area contributed by atoms with Gasteiger partial charge in [0.05, 0.1) is 12.0 Å². The van der Waals surface area contributed by atoms with Gasteiger partial charge in [-0.05, 0) is 60.7 Å². The smallest absolute Gasteiger partial charge is 0.352 e. The van der Waals surface area contributed by atoms with Crippen LogP contribution in [0.1, 0.15) is 67.7 Å². The summed E-state index contributed by atoms with van der Waals surface area (Å²) in [5.74, 6) is -4.53. The minimum Gasteiger partial charge on any atom is -0.446 e. The van der Waals surface area contributed by atoms with Gasteiger partial charge in [-0.15, -0.1) is 0 Å². The Morgan fingerprint density at radius 1 is 1.10 bits per heavy atom. The highest BCUT2D eigenvalue weighted by Gasteiger charge is 2.80. The molecule has 0 aromatic heterocycles. The van der Waals surface area contributed by atoms with E-state index in [0.717, 1.165) is 6.08 Å². The van der Waals surface area contributed by atoms with Gasteiger partial charge in [0.1, 0.15) is 6.17 Å². The third kappa shape index (κ3) is 3.25. The van der Waals surface area contributed by atoms with Crippen LogP contribution in [0.5, 0.6) is 0 Å². The summed E-state index contributed by atoms with van der Waals surface area (Å²) in [6.45, 7) is 12.9. The van der Waals surface area contributed by atoms with E-state index in [1.165, 1.54) is 19.1 Å². The molecule has 6 nitrogen and oxygen atoms in total. The molecular weight excluding hydrogens is 530 g/mol. The number of hydrogen-bond acceptors (Lipinski definition) is 6. The van der Waals surface area contributed by atoms with Crippen LogP contribution in [0.4, 0.5) is 8.78 Å². The molecule has 4 saturated carbocycles. The van der Waals surface area contributed by atoms with E-state index in [0.29, 0.717) is 0 Å². The first-order valence-corrected chi connectivity index (χ1v) is 14.3. The molecule has 0 aromatic carbocycles. The number of esters is 2. The van der Waals surface area contributed by atoms with Crippen molar-refractivity contribution < 1.29 is 37.7 Å². The van der Waals surface area contributed by atoms with Gasteiger partial charge in [-0.3, -0.25) is 9.59 Å². The molecule has 9 atom stereocenters. The van der Waals surface area contributed by atoms with Gasteiger partial charge < -0.3 is 14.6 Å². The molecule has 0 unspecified atom stereocenters. The van der Waals surface area contributed by atoms with E-state index in [1.807, 2.05) is 27.7 Å². The highest BCUT2D eigenvalue weighted by atomic mass is 35.5. The molecule has 39 heavy (non-hydrogen) atoms. The monoisotopic (exact) mass is 568 g/mol. The maximum atomic E-state index is 17.5. The van der Waals surface area contributed by atoms with Crippen LogP contribution in [0.3, 0.4) is 0 Å². The number of alkyl halides is 3. The number of carbonyl (C=O) groups excluding carboxylic acids is 3. The molecule has 1 N–H and O–H groups in total. The molecule has 0 amide bonds. The van der Waals surface area contributed by atoms with Gasteiger partial charge in [0, 0.05) is 22.7 Å². The molecule has 0 radical (unpaired) electrons. The van der Waals surface area contributed by atoms with E-state index in [-0.39, 0.29) is 35.7 Å². The highest BCUT2D eigenvalue weighted by molar-refractivity contribution is 6.17. The fourth-order valence-electron chi connectivity index (χ4n) is 9.38. The number of fused-ring (bicyclic) bond motifs is 5. The third-order valence-electron chi connectivity index (χ3n) is 12.2. The van der Waals surface area contributed by atoms with E-state index in [4.69, 9.17) is 21.1 Å². The minimum atomic E-state index is -2.31. The second-order valence-corrected chi connectivity index (χ2v) is 14.3. The highest BCUT2D eigenvalue weighted by Crippen LogP contribution is 2.73. The first kappa shape index (κ1) is 28.7. The predicted molar refractivity (Wildman–Crippen MR) is 140 cm³/mol. The van der Waals surface area contributed by atoms with Crippen molar-refractivity contribution >= 4 is 29.3 Å². The molecule has 9 heteroatoms. The van der Waals surface area contributed by atoms with Crippen molar-refractivity contribution in [1.29, 1.82) is 0 Å². The Bertz CT molecular complexity index is 1180. The summed E-state index contributed by atoms with van der Waals surface area (Å²) in [5.41, 5.74) is -7.66. The van der Waals surface area contributed by atoms with E-state index < -0.39 is 81.8 Å². The molecule has 0 spiro atoms. The largest absolute Gasteiger partial charge is 0.446 e. The van der Waals surface area contributed by atoms with Crippen LogP contribution in [0, 0.1) is 45.3 Å². The summed E-state index contributed by atoms with van der Waals surface area (Å²) in [4.78, 5) is 39.6. The Kier molecular flexibility index (Phi) is 6.16. The number of ether oxygens (including phenoxy) is 2. The molecule has 0 aliphatic heterocycles. The van der Waals surface area contributed by atoms with Crippen molar-refractivity contribution in [3.63, 3.8) is 0 Å². The maximum Gasteiger partial charge on any atom is 0.352 e. The van der Waals surface area contributed by atoms with Crippen LogP contribution in [0.25, 0.3) is 0 Å². The fraction of sp³-hybridized carbons (Fsp3) is 0.767. The molecule has 0 saturated heterocycles. The predicted octanol–water partition coefficient (Wildman–Crippen LogP) is 5.25. The summed E-state index contributed by atoms with van der Waals surface area (Å²) < 4.78 is 44.8. The van der Waals surface area contributed by atoms with Crippen molar-refractivity contribution in [2.75, 3.05) is 6.07 Å². The Morgan fingerprint density at radius 2 is 1.72 bits per heavy atom. The lowest BCUT2D eigenvalue weighted by atomic mass is 9.44. The van der Waals surface area contributed by atoms with E-state index >= 15 is 8.78 Å². The lowest BCUT2D eigenvalue weighted by Gasteiger charge is -2.63. The van der Waals surface area contributed by atoms with E-state index in [2.05, 4.69) is 0 Å². The molecule has 0 aromatic rings. The fourth-order valence-corrected chi connectivity index (χ4v) is 9.48. The molecule has 4 fully saturated rings. The average Bonchev–Trinajstić information content (AvgIpc) is 3.14. The molecule has 0 bridgehead atoms. The van der Waals surface area contributed by atoms with Crippen molar-refractivity contribution in [1.82, 2.24) is 0 Å². The summed E-state index contributed by atoms with van der Waals surface area (Å²) in [6.07, 6.45) is 0.265. The van der Waals surface area contributed by atoms with Crippen LogP contribution in [-0.2, 0) is 23.9 Å². The molecule has 5 aliphatic carbocycles. The zero-order valence-corrected chi connectivity index (χ0v) is 24.4. The molecule has 5 rings (SSSR count). The van der Waals surface area contributed by atoms with Gasteiger partial charge in [0.15, 0.2) is 17.5 Å². The van der Waals surface area contributed by atoms with E-state index in [1.54, 1.807) is 13.8 Å². The lowest BCUT2D eigenvalue weighted by Crippen LogP contribution is -2.71. The lowest BCUT2D eigenvalue weighted by molar-refractivity contribution is -0.239. The second kappa shape index (κ2) is 8.37. The van der Waals surface area contributed by atoms with Crippen LogP contribution in [0.15, 0.2) is 23.8 Å². The number of hydrogen-bond donors (Lipinski definition) is 1. The van der Waals surface area contributed by atoms with Crippen LogP contribution in [0.2, 0.25) is 0 Å². The Labute approximate surface area is 233 Å². The van der Waals surface area contributed by atoms with Gasteiger partial charge in [0.2, 0.25) is 5.60 Å². The molecule has 0 heterocycles. The third-order valence-corrected chi connectivity index (χ3v) is 12.3. The summed E-state index contributed by atoms with van der Waals surface area (Å²) >= 11 is 5.81. The number of allylic oxidation sites excluding steroid dienone is 4. The average molecular weight is 569 g/mol. The number of ketones is 1. The topological polar surface area (TPSA) is 89.9 Å². The summed E-state index contributed by atoms with van der Waals surface area (Å²) in [7, 11) is 0. The first-order chi connectivity index (χ1) is 17.9. The second-order valence-electron chi connectivity index (χ2n) is 14.1. The minimum absolute atomic E-state index is 0.0277. The summed E-state index contributed by atoms with van der Waals surface area (Å²) in [5, 5.41) is 11.6. The number of carbonyl (C=O) groups is 3. The zero-order chi connectivity index (χ0) is 29.1. The number of rotatable bonds is 4. The van der Waals surface area contributed by atoms with Gasteiger partial charge in [0.25, 0.3) is 0 Å². The van der Waals surface area contributed by atoms with Gasteiger partial charge in [-0.25, -0.2) is 13.6 Å². The Morgan fingerprint density at radius 3 is 2.28 bits per heavy atom. The standard InChI is InChI=1S/C30H39ClF2O6/c1-15-10-17-18-12-20(32)19-11-16(34)8-9-27(19,6)29(18,33)21(35)13-28(17,7)30(15,24(37)38-14-31)39-23(36)22-25(2,3)26(22,4)5/h8-9,11,15,17-18,20-22,35H,10,12-14H2,1-7H3/t15-,17+,18+,20+,21+,27+,28+,29+,30+/m1/s1. The molecular formula is C30H39ClF2O6. The van der Waals surface area contributed by atoms with Gasteiger partial charge in [-0.1, -0.05) is 59.2 Å².